The smallest absolute Gasteiger partial charge is 0.122 e. The highest BCUT2D eigenvalue weighted by Crippen LogP contribution is 2.30. The fourth-order valence-corrected chi connectivity index (χ4v) is 2.20. The molecule has 0 spiro atoms. The van der Waals surface area contributed by atoms with Crippen molar-refractivity contribution in [3.05, 3.63) is 35.9 Å². The summed E-state index contributed by atoms with van der Waals surface area (Å²) in [5.74, 6) is 0.262. The summed E-state index contributed by atoms with van der Waals surface area (Å²) in [7, 11) is 0. The summed E-state index contributed by atoms with van der Waals surface area (Å²) in [6, 6.07) is 7.18. The highest BCUT2D eigenvalue weighted by atomic mass is 16.3. The van der Waals surface area contributed by atoms with Crippen LogP contribution in [-0.2, 0) is 0 Å². The number of aromatic hydroxyl groups is 1. The first-order chi connectivity index (χ1) is 7.70. The Morgan fingerprint density at radius 1 is 1.06 bits per heavy atom. The second-order valence-electron chi connectivity index (χ2n) is 4.56. The van der Waals surface area contributed by atoms with E-state index in [1.165, 1.54) is 6.42 Å². The van der Waals surface area contributed by atoms with Crippen LogP contribution in [0.1, 0.15) is 37.7 Å². The Morgan fingerprint density at radius 2 is 1.75 bits per heavy atom. The summed E-state index contributed by atoms with van der Waals surface area (Å²) < 4.78 is 0. The van der Waals surface area contributed by atoms with Gasteiger partial charge in [0, 0.05) is 5.56 Å². The quantitative estimate of drug-likeness (QED) is 0.800. The number of phenolic OH excluding ortho intramolecular Hbond substituents is 1. The van der Waals surface area contributed by atoms with Gasteiger partial charge in [0.2, 0.25) is 0 Å². The summed E-state index contributed by atoms with van der Waals surface area (Å²) in [4.78, 5) is 0. The predicted molar refractivity (Wildman–Crippen MR) is 65.2 cm³/mol. The van der Waals surface area contributed by atoms with Crippen LogP contribution in [0.25, 0.3) is 6.08 Å². The van der Waals surface area contributed by atoms with Crippen LogP contribution < -0.4 is 0 Å². The summed E-state index contributed by atoms with van der Waals surface area (Å²) >= 11 is 0. The third kappa shape index (κ3) is 2.64. The van der Waals surface area contributed by atoms with Crippen molar-refractivity contribution in [2.24, 2.45) is 0 Å². The van der Waals surface area contributed by atoms with Crippen molar-refractivity contribution in [3.63, 3.8) is 0 Å². The molecule has 2 nitrogen and oxygen atoms in total. The van der Waals surface area contributed by atoms with Gasteiger partial charge >= 0.3 is 0 Å². The van der Waals surface area contributed by atoms with Crippen LogP contribution in [0.4, 0.5) is 0 Å². The minimum atomic E-state index is -0.666. The van der Waals surface area contributed by atoms with Crippen molar-refractivity contribution in [2.45, 2.75) is 37.7 Å². The van der Waals surface area contributed by atoms with E-state index in [2.05, 4.69) is 0 Å². The van der Waals surface area contributed by atoms with Crippen LogP contribution in [0.3, 0.4) is 0 Å². The molecule has 1 fully saturated rings. The lowest BCUT2D eigenvalue weighted by Gasteiger charge is -2.28. The highest BCUT2D eigenvalue weighted by Gasteiger charge is 2.25. The summed E-state index contributed by atoms with van der Waals surface area (Å²) in [6.45, 7) is 0. The fraction of sp³-hybridized carbons (Fsp3) is 0.429. The van der Waals surface area contributed by atoms with Crippen molar-refractivity contribution < 1.29 is 10.2 Å². The van der Waals surface area contributed by atoms with E-state index in [1.54, 1.807) is 12.1 Å². The molecule has 1 saturated carbocycles. The Labute approximate surface area is 96.2 Å². The molecule has 0 bridgehead atoms. The fourth-order valence-electron chi connectivity index (χ4n) is 2.20. The zero-order valence-corrected chi connectivity index (χ0v) is 9.39. The number of benzene rings is 1. The van der Waals surface area contributed by atoms with E-state index in [9.17, 15) is 10.2 Å². The average molecular weight is 218 g/mol. The number of rotatable bonds is 2. The van der Waals surface area contributed by atoms with Gasteiger partial charge in [-0.15, -0.1) is 0 Å². The van der Waals surface area contributed by atoms with E-state index < -0.39 is 5.60 Å². The molecule has 0 aliphatic heterocycles. The molecule has 0 aromatic heterocycles. The molecule has 1 aliphatic carbocycles. The Bertz CT molecular complexity index is 376. The molecule has 2 N–H and O–H groups in total. The molecule has 16 heavy (non-hydrogen) atoms. The van der Waals surface area contributed by atoms with Crippen LogP contribution in [0, 0.1) is 0 Å². The van der Waals surface area contributed by atoms with Crippen molar-refractivity contribution in [3.8, 4) is 5.75 Å². The number of phenols is 1. The van der Waals surface area contributed by atoms with Crippen molar-refractivity contribution in [2.75, 3.05) is 0 Å². The van der Waals surface area contributed by atoms with Crippen molar-refractivity contribution >= 4 is 6.08 Å². The van der Waals surface area contributed by atoms with E-state index in [-0.39, 0.29) is 5.75 Å². The van der Waals surface area contributed by atoms with E-state index in [0.29, 0.717) is 0 Å². The SMILES string of the molecule is Oc1ccccc1/C=C\C1(O)CCCCC1. The Morgan fingerprint density at radius 3 is 2.44 bits per heavy atom. The first-order valence-corrected chi connectivity index (χ1v) is 5.89. The van der Waals surface area contributed by atoms with Gasteiger partial charge in [-0.05, 0) is 18.9 Å². The second-order valence-corrected chi connectivity index (χ2v) is 4.56. The van der Waals surface area contributed by atoms with Gasteiger partial charge in [0.15, 0.2) is 0 Å². The van der Waals surface area contributed by atoms with Gasteiger partial charge in [0.1, 0.15) is 5.75 Å². The monoisotopic (exact) mass is 218 g/mol. The summed E-state index contributed by atoms with van der Waals surface area (Å²) in [6.07, 6.45) is 8.70. The van der Waals surface area contributed by atoms with Crippen molar-refractivity contribution in [1.82, 2.24) is 0 Å². The van der Waals surface area contributed by atoms with Crippen LogP contribution >= 0.6 is 0 Å². The minimum Gasteiger partial charge on any atom is -0.507 e. The standard InChI is InChI=1S/C14H18O2/c15-13-7-3-2-6-12(13)8-11-14(16)9-4-1-5-10-14/h2-3,6-8,11,15-16H,1,4-5,9-10H2/b11-8-. The predicted octanol–water partition coefficient (Wildman–Crippen LogP) is 3.10. The van der Waals surface area contributed by atoms with Gasteiger partial charge in [-0.25, -0.2) is 0 Å². The first-order valence-electron chi connectivity index (χ1n) is 5.89. The molecule has 1 aliphatic rings. The first kappa shape index (κ1) is 11.2. The van der Waals surface area contributed by atoms with Crippen LogP contribution in [0.2, 0.25) is 0 Å². The van der Waals surface area contributed by atoms with Gasteiger partial charge < -0.3 is 10.2 Å². The molecule has 2 rings (SSSR count). The normalized spacial score (nSPS) is 20.1. The topological polar surface area (TPSA) is 40.5 Å². The number of aliphatic hydroxyl groups is 1. The molecule has 0 amide bonds. The molecule has 86 valence electrons. The van der Waals surface area contributed by atoms with Gasteiger partial charge in [-0.3, -0.25) is 0 Å². The molecular formula is C14H18O2. The number of hydrogen-bond acceptors (Lipinski definition) is 2. The molecule has 0 radical (unpaired) electrons. The summed E-state index contributed by atoms with van der Waals surface area (Å²) in [5.41, 5.74) is 0.0991. The summed E-state index contributed by atoms with van der Waals surface area (Å²) in [5, 5.41) is 19.8. The molecule has 1 aromatic rings. The van der Waals surface area contributed by atoms with E-state index >= 15 is 0 Å². The lowest BCUT2D eigenvalue weighted by atomic mass is 9.84. The van der Waals surface area contributed by atoms with Gasteiger partial charge in [-0.2, -0.15) is 0 Å². The van der Waals surface area contributed by atoms with Crippen LogP contribution in [0.15, 0.2) is 30.3 Å². The third-order valence-electron chi connectivity index (χ3n) is 3.23. The van der Waals surface area contributed by atoms with E-state index in [4.69, 9.17) is 0 Å². The molecule has 1 aromatic carbocycles. The lowest BCUT2D eigenvalue weighted by molar-refractivity contribution is 0.0521. The molecule has 2 heteroatoms. The van der Waals surface area contributed by atoms with Gasteiger partial charge in [0.25, 0.3) is 0 Å². The Kier molecular flexibility index (Phi) is 3.30. The van der Waals surface area contributed by atoms with Crippen LogP contribution in [-0.4, -0.2) is 15.8 Å². The largest absolute Gasteiger partial charge is 0.507 e. The molecular weight excluding hydrogens is 200 g/mol. The maximum absolute atomic E-state index is 10.3. The molecule has 0 atom stereocenters. The average Bonchev–Trinajstić information content (AvgIpc) is 2.29. The molecule has 0 unspecified atom stereocenters. The van der Waals surface area contributed by atoms with Gasteiger partial charge in [0.05, 0.1) is 5.60 Å². The highest BCUT2D eigenvalue weighted by molar-refractivity contribution is 5.57. The zero-order chi connectivity index (χ0) is 11.4. The van der Waals surface area contributed by atoms with E-state index in [0.717, 1.165) is 31.2 Å². The van der Waals surface area contributed by atoms with E-state index in [1.807, 2.05) is 24.3 Å². The molecule has 0 saturated heterocycles. The lowest BCUT2D eigenvalue weighted by Crippen LogP contribution is -2.28. The van der Waals surface area contributed by atoms with Crippen molar-refractivity contribution in [1.29, 1.82) is 0 Å². The van der Waals surface area contributed by atoms with Crippen LogP contribution in [0.5, 0.6) is 5.75 Å². The van der Waals surface area contributed by atoms with Gasteiger partial charge in [-0.1, -0.05) is 49.6 Å². The number of para-hydroxylation sites is 1. The number of hydrogen-bond donors (Lipinski definition) is 2. The molecule has 0 heterocycles. The minimum absolute atomic E-state index is 0.262. The second kappa shape index (κ2) is 4.71. The zero-order valence-electron chi connectivity index (χ0n) is 9.39. The maximum Gasteiger partial charge on any atom is 0.122 e. The Hall–Kier alpha value is -1.28. The Balaban J connectivity index is 2.11. The maximum atomic E-state index is 10.3. The third-order valence-corrected chi connectivity index (χ3v) is 3.23.